The number of anilines is 1. The average molecular weight is 205 g/mol. The van der Waals surface area contributed by atoms with Crippen molar-refractivity contribution in [2.75, 3.05) is 18.5 Å². The maximum atomic E-state index is 10.5. The van der Waals surface area contributed by atoms with Crippen molar-refractivity contribution < 1.29 is 4.92 Å². The Bertz CT molecular complexity index is 423. The van der Waals surface area contributed by atoms with Gasteiger partial charge in [0.25, 0.3) is 5.69 Å². The van der Waals surface area contributed by atoms with Crippen LogP contribution in [0.1, 0.15) is 12.5 Å². The Morgan fingerprint density at radius 1 is 1.60 bits per heavy atom. The molecule has 5 nitrogen and oxygen atoms in total. The van der Waals surface area contributed by atoms with E-state index in [1.54, 1.807) is 6.07 Å². The fraction of sp³-hybridized carbons (Fsp3) is 0.300. The van der Waals surface area contributed by atoms with E-state index >= 15 is 0 Å². The Morgan fingerprint density at radius 2 is 2.27 bits per heavy atom. The third-order valence-electron chi connectivity index (χ3n) is 2.20. The molecule has 0 heterocycles. The number of benzene rings is 1. The van der Waals surface area contributed by atoms with Crippen LogP contribution >= 0.6 is 0 Å². The average Bonchev–Trinajstić information content (AvgIpc) is 2.27. The Kier molecular flexibility index (Phi) is 3.24. The fourth-order valence-electron chi connectivity index (χ4n) is 1.23. The third-order valence-corrected chi connectivity index (χ3v) is 2.20. The maximum absolute atomic E-state index is 10.5. The van der Waals surface area contributed by atoms with Crippen molar-refractivity contribution in [1.29, 1.82) is 5.26 Å². The molecule has 0 saturated carbocycles. The van der Waals surface area contributed by atoms with Gasteiger partial charge in [0.2, 0.25) is 0 Å². The molecule has 0 fully saturated rings. The lowest BCUT2D eigenvalue weighted by atomic mass is 10.1. The van der Waals surface area contributed by atoms with Gasteiger partial charge in [-0.05, 0) is 13.0 Å². The van der Waals surface area contributed by atoms with E-state index in [9.17, 15) is 10.1 Å². The summed E-state index contributed by atoms with van der Waals surface area (Å²) < 4.78 is 0. The summed E-state index contributed by atoms with van der Waals surface area (Å²) in [7, 11) is 1.84. The molecule has 0 spiro atoms. The van der Waals surface area contributed by atoms with Gasteiger partial charge in [-0.3, -0.25) is 10.1 Å². The highest BCUT2D eigenvalue weighted by Gasteiger charge is 2.12. The molecule has 15 heavy (non-hydrogen) atoms. The molecule has 0 aliphatic heterocycles. The van der Waals surface area contributed by atoms with E-state index < -0.39 is 4.92 Å². The van der Waals surface area contributed by atoms with E-state index in [0.717, 1.165) is 6.54 Å². The zero-order valence-electron chi connectivity index (χ0n) is 8.60. The molecule has 1 rings (SSSR count). The van der Waals surface area contributed by atoms with E-state index in [1.807, 2.05) is 24.9 Å². The molecule has 0 N–H and O–H groups in total. The lowest BCUT2D eigenvalue weighted by Crippen LogP contribution is -2.17. The molecule has 0 aliphatic rings. The van der Waals surface area contributed by atoms with Crippen LogP contribution in [0.25, 0.3) is 0 Å². The molecule has 1 aromatic carbocycles. The topological polar surface area (TPSA) is 70.2 Å². The number of hydrogen-bond acceptors (Lipinski definition) is 4. The molecule has 5 heteroatoms. The molecular weight excluding hydrogens is 194 g/mol. The van der Waals surface area contributed by atoms with E-state index in [0.29, 0.717) is 11.3 Å². The minimum atomic E-state index is -0.503. The summed E-state index contributed by atoms with van der Waals surface area (Å²) in [5, 5.41) is 19.4. The predicted molar refractivity (Wildman–Crippen MR) is 56.8 cm³/mol. The molecule has 0 bridgehead atoms. The number of nitriles is 1. The molecule has 0 unspecified atom stereocenters. The SMILES string of the molecule is CCN(C)c1ccc([N+](=O)[O-])cc1C#N. The van der Waals surface area contributed by atoms with Crippen molar-refractivity contribution in [3.63, 3.8) is 0 Å². The summed E-state index contributed by atoms with van der Waals surface area (Å²) in [5.41, 5.74) is 0.985. The number of nitro groups is 1. The zero-order valence-corrected chi connectivity index (χ0v) is 8.60. The van der Waals surface area contributed by atoms with Gasteiger partial charge in [0.1, 0.15) is 6.07 Å². The highest BCUT2D eigenvalue weighted by molar-refractivity contribution is 5.62. The molecule has 0 aromatic heterocycles. The van der Waals surface area contributed by atoms with Gasteiger partial charge in [-0.25, -0.2) is 0 Å². The van der Waals surface area contributed by atoms with Gasteiger partial charge in [-0.1, -0.05) is 0 Å². The largest absolute Gasteiger partial charge is 0.374 e. The lowest BCUT2D eigenvalue weighted by molar-refractivity contribution is -0.384. The summed E-state index contributed by atoms with van der Waals surface area (Å²) in [4.78, 5) is 11.9. The first-order chi connectivity index (χ1) is 7.10. The van der Waals surface area contributed by atoms with Crippen LogP contribution < -0.4 is 4.90 Å². The minimum Gasteiger partial charge on any atom is -0.374 e. The van der Waals surface area contributed by atoms with Gasteiger partial charge in [0.05, 0.1) is 16.2 Å². The van der Waals surface area contributed by atoms with Crippen LogP contribution in [-0.4, -0.2) is 18.5 Å². The summed E-state index contributed by atoms with van der Waals surface area (Å²) in [6, 6.07) is 6.26. The summed E-state index contributed by atoms with van der Waals surface area (Å²) >= 11 is 0. The van der Waals surface area contributed by atoms with E-state index in [2.05, 4.69) is 0 Å². The van der Waals surface area contributed by atoms with Crippen molar-refractivity contribution in [3.05, 3.63) is 33.9 Å². The minimum absolute atomic E-state index is 0.0557. The second-order valence-electron chi connectivity index (χ2n) is 3.08. The van der Waals surface area contributed by atoms with E-state index in [4.69, 9.17) is 5.26 Å². The first-order valence-electron chi connectivity index (χ1n) is 4.49. The number of nitrogens with zero attached hydrogens (tertiary/aromatic N) is 3. The molecule has 0 saturated heterocycles. The number of rotatable bonds is 3. The number of non-ortho nitro benzene ring substituents is 1. The van der Waals surface area contributed by atoms with Gasteiger partial charge < -0.3 is 4.90 Å². The molecule has 78 valence electrons. The zero-order chi connectivity index (χ0) is 11.4. The Labute approximate surface area is 87.7 Å². The monoisotopic (exact) mass is 205 g/mol. The van der Waals surface area contributed by atoms with Gasteiger partial charge in [-0.15, -0.1) is 0 Å². The second-order valence-corrected chi connectivity index (χ2v) is 3.08. The predicted octanol–water partition coefficient (Wildman–Crippen LogP) is 1.92. The number of nitro benzene ring substituents is 1. The van der Waals surface area contributed by atoms with Crippen molar-refractivity contribution >= 4 is 11.4 Å². The van der Waals surface area contributed by atoms with Crippen LogP contribution in [0.15, 0.2) is 18.2 Å². The molecule has 0 amide bonds. The van der Waals surface area contributed by atoms with Gasteiger partial charge >= 0.3 is 0 Å². The molecule has 0 aliphatic carbocycles. The Hall–Kier alpha value is -2.09. The van der Waals surface area contributed by atoms with Crippen LogP contribution in [0.2, 0.25) is 0 Å². The molecule has 0 atom stereocenters. The Balaban J connectivity index is 3.22. The van der Waals surface area contributed by atoms with Gasteiger partial charge in [-0.2, -0.15) is 5.26 Å². The molecular formula is C10H11N3O2. The molecule has 0 radical (unpaired) electrons. The highest BCUT2D eigenvalue weighted by Crippen LogP contribution is 2.23. The third kappa shape index (κ3) is 2.23. The standard InChI is InChI=1S/C10H11N3O2/c1-3-12(2)10-5-4-9(13(14)15)6-8(10)7-11/h4-6H,3H2,1-2H3. The second kappa shape index (κ2) is 4.42. The van der Waals surface area contributed by atoms with Gasteiger partial charge in [0.15, 0.2) is 0 Å². The van der Waals surface area contributed by atoms with Crippen LogP contribution in [0.5, 0.6) is 0 Å². The van der Waals surface area contributed by atoms with Crippen molar-refractivity contribution in [2.24, 2.45) is 0 Å². The first-order valence-corrected chi connectivity index (χ1v) is 4.49. The van der Waals surface area contributed by atoms with Crippen LogP contribution in [0, 0.1) is 21.4 Å². The lowest BCUT2D eigenvalue weighted by Gasteiger charge is -2.17. The van der Waals surface area contributed by atoms with E-state index in [-0.39, 0.29) is 5.69 Å². The van der Waals surface area contributed by atoms with Gasteiger partial charge in [0, 0.05) is 25.7 Å². The van der Waals surface area contributed by atoms with Crippen molar-refractivity contribution in [2.45, 2.75) is 6.92 Å². The maximum Gasteiger partial charge on any atom is 0.270 e. The van der Waals surface area contributed by atoms with Crippen molar-refractivity contribution in [1.82, 2.24) is 0 Å². The smallest absolute Gasteiger partial charge is 0.270 e. The summed E-state index contributed by atoms with van der Waals surface area (Å²) in [6.45, 7) is 2.69. The first kappa shape index (κ1) is 11.0. The quantitative estimate of drug-likeness (QED) is 0.558. The fourth-order valence-corrected chi connectivity index (χ4v) is 1.23. The van der Waals surface area contributed by atoms with Crippen LogP contribution in [0.3, 0.4) is 0 Å². The summed E-state index contributed by atoms with van der Waals surface area (Å²) in [5.74, 6) is 0. The highest BCUT2D eigenvalue weighted by atomic mass is 16.6. The summed E-state index contributed by atoms with van der Waals surface area (Å²) in [6.07, 6.45) is 0. The van der Waals surface area contributed by atoms with Crippen molar-refractivity contribution in [3.8, 4) is 6.07 Å². The van der Waals surface area contributed by atoms with Crippen LogP contribution in [-0.2, 0) is 0 Å². The number of hydrogen-bond donors (Lipinski definition) is 0. The Morgan fingerprint density at radius 3 is 2.73 bits per heavy atom. The molecule has 1 aromatic rings. The van der Waals surface area contributed by atoms with Crippen LogP contribution in [0.4, 0.5) is 11.4 Å². The normalized spacial score (nSPS) is 9.40. The van der Waals surface area contributed by atoms with E-state index in [1.165, 1.54) is 12.1 Å².